The fourth-order valence-corrected chi connectivity index (χ4v) is 1.26. The largest absolute Gasteiger partial charge is 0.496 e. The summed E-state index contributed by atoms with van der Waals surface area (Å²) in [5, 5.41) is 10.4. The Bertz CT molecular complexity index is 438. The molecule has 0 aliphatic rings. The lowest BCUT2D eigenvalue weighted by Crippen LogP contribution is -2.39. The van der Waals surface area contributed by atoms with E-state index in [1.807, 2.05) is 5.32 Å². The number of hydrogen-bond acceptors (Lipinski definition) is 4. The molecule has 7 heteroatoms. The second-order valence-electron chi connectivity index (χ2n) is 3.66. The summed E-state index contributed by atoms with van der Waals surface area (Å²) < 4.78 is 30.4. The molecule has 18 heavy (non-hydrogen) atoms. The molecule has 0 aliphatic heterocycles. The van der Waals surface area contributed by atoms with E-state index in [0.29, 0.717) is 5.69 Å². The minimum absolute atomic E-state index is 0.0976. The summed E-state index contributed by atoms with van der Waals surface area (Å²) in [5.74, 6) is -3.88. The smallest absolute Gasteiger partial charge is 0.287 e. The molecule has 0 saturated heterocycles. The average molecular weight is 260 g/mol. The second kappa shape index (κ2) is 5.63. The van der Waals surface area contributed by atoms with Crippen LogP contribution in [0.15, 0.2) is 18.2 Å². The fraction of sp³-hybridized carbons (Fsp3) is 0.364. The number of carbonyl (C=O) groups is 1. The normalized spacial score (nSPS) is 11.1. The van der Waals surface area contributed by atoms with Crippen LogP contribution in [0, 0.1) is 0 Å². The van der Waals surface area contributed by atoms with Crippen molar-refractivity contribution in [3.8, 4) is 5.75 Å². The maximum atomic E-state index is 12.8. The maximum absolute atomic E-state index is 12.8. The van der Waals surface area contributed by atoms with Crippen LogP contribution >= 0.6 is 0 Å². The van der Waals surface area contributed by atoms with Crippen molar-refractivity contribution in [1.82, 2.24) is 5.32 Å². The summed E-state index contributed by atoms with van der Waals surface area (Å²) in [6.07, 6.45) is 0. The lowest BCUT2D eigenvalue weighted by Gasteiger charge is -2.15. The highest BCUT2D eigenvalue weighted by Gasteiger charge is 2.28. The zero-order chi connectivity index (χ0) is 13.8. The number of aliphatic hydroxyl groups excluding tert-OH is 1. The number of nitrogens with two attached hydrogens (primary N) is 1. The molecular formula is C11H14F2N2O3. The lowest BCUT2D eigenvalue weighted by molar-refractivity contribution is -0.0462. The first kappa shape index (κ1) is 14.2. The minimum atomic E-state index is -3.35. The summed E-state index contributed by atoms with van der Waals surface area (Å²) >= 11 is 0. The van der Waals surface area contributed by atoms with Gasteiger partial charge in [-0.2, -0.15) is 0 Å². The topological polar surface area (TPSA) is 84.6 Å². The molecule has 0 fully saturated rings. The Labute approximate surface area is 103 Å². The zero-order valence-electron chi connectivity index (χ0n) is 9.74. The summed E-state index contributed by atoms with van der Waals surface area (Å²) in [4.78, 5) is 11.7. The third-order valence-electron chi connectivity index (χ3n) is 2.21. The Morgan fingerprint density at radius 1 is 1.56 bits per heavy atom. The molecule has 1 aromatic rings. The standard InChI is InChI=1S/C11H14F2N2O3/c1-18-9-4-7(14)2-3-8(9)10(17)15-5-11(12,13)6-16/h2-4,16H,5-6,14H2,1H3,(H,15,17). The van der Waals surface area contributed by atoms with E-state index in [4.69, 9.17) is 15.6 Å². The Morgan fingerprint density at radius 2 is 2.22 bits per heavy atom. The number of methoxy groups -OCH3 is 1. The van der Waals surface area contributed by atoms with E-state index >= 15 is 0 Å². The number of rotatable bonds is 5. The van der Waals surface area contributed by atoms with Crippen LogP contribution < -0.4 is 15.8 Å². The van der Waals surface area contributed by atoms with E-state index in [9.17, 15) is 13.6 Å². The molecule has 0 aliphatic carbocycles. The van der Waals surface area contributed by atoms with Crippen LogP contribution in [0.2, 0.25) is 0 Å². The number of nitrogens with one attached hydrogen (secondary N) is 1. The van der Waals surface area contributed by atoms with Crippen LogP contribution in [0.1, 0.15) is 10.4 Å². The summed E-state index contributed by atoms with van der Waals surface area (Å²) in [6, 6.07) is 4.25. The Kier molecular flexibility index (Phi) is 4.43. The summed E-state index contributed by atoms with van der Waals surface area (Å²) in [5.41, 5.74) is 5.99. The maximum Gasteiger partial charge on any atom is 0.287 e. The molecule has 0 bridgehead atoms. The third-order valence-corrected chi connectivity index (χ3v) is 2.21. The van der Waals surface area contributed by atoms with Crippen LogP contribution in [0.25, 0.3) is 0 Å². The predicted molar refractivity (Wildman–Crippen MR) is 61.8 cm³/mol. The first-order valence-corrected chi connectivity index (χ1v) is 5.10. The molecule has 1 rings (SSSR count). The fourth-order valence-electron chi connectivity index (χ4n) is 1.26. The molecule has 5 nitrogen and oxygen atoms in total. The second-order valence-corrected chi connectivity index (χ2v) is 3.66. The Morgan fingerprint density at radius 3 is 2.78 bits per heavy atom. The van der Waals surface area contributed by atoms with Gasteiger partial charge in [0, 0.05) is 11.8 Å². The van der Waals surface area contributed by atoms with Gasteiger partial charge in [0.05, 0.1) is 19.2 Å². The number of ether oxygens (including phenoxy) is 1. The monoisotopic (exact) mass is 260 g/mol. The molecule has 0 saturated carbocycles. The SMILES string of the molecule is COc1cc(N)ccc1C(=O)NCC(F)(F)CO. The van der Waals surface area contributed by atoms with Crippen molar-refractivity contribution in [2.75, 3.05) is 26.0 Å². The molecule has 1 aromatic carbocycles. The van der Waals surface area contributed by atoms with Crippen LogP contribution in [-0.4, -0.2) is 37.2 Å². The number of hydrogen-bond donors (Lipinski definition) is 3. The lowest BCUT2D eigenvalue weighted by atomic mass is 10.1. The highest BCUT2D eigenvalue weighted by atomic mass is 19.3. The van der Waals surface area contributed by atoms with Gasteiger partial charge in [-0.25, -0.2) is 8.78 Å². The van der Waals surface area contributed by atoms with Crippen molar-refractivity contribution in [3.05, 3.63) is 23.8 Å². The Balaban J connectivity index is 2.79. The number of anilines is 1. The quantitative estimate of drug-likeness (QED) is 0.678. The van der Waals surface area contributed by atoms with Crippen LogP contribution in [0.3, 0.4) is 0 Å². The van der Waals surface area contributed by atoms with Crippen LogP contribution in [-0.2, 0) is 0 Å². The van der Waals surface area contributed by atoms with E-state index in [1.165, 1.54) is 25.3 Å². The van der Waals surface area contributed by atoms with E-state index < -0.39 is 25.0 Å². The molecular weight excluding hydrogens is 246 g/mol. The number of nitrogen functional groups attached to an aromatic ring is 1. The van der Waals surface area contributed by atoms with Crippen molar-refractivity contribution >= 4 is 11.6 Å². The van der Waals surface area contributed by atoms with Crippen molar-refractivity contribution in [1.29, 1.82) is 0 Å². The van der Waals surface area contributed by atoms with Gasteiger partial charge in [0.2, 0.25) is 0 Å². The minimum Gasteiger partial charge on any atom is -0.496 e. The molecule has 1 amide bonds. The molecule has 0 atom stereocenters. The van der Waals surface area contributed by atoms with Crippen LogP contribution in [0.4, 0.5) is 14.5 Å². The predicted octanol–water partition coefficient (Wildman–Crippen LogP) is 0.635. The van der Waals surface area contributed by atoms with Gasteiger partial charge in [-0.15, -0.1) is 0 Å². The molecule has 0 spiro atoms. The van der Waals surface area contributed by atoms with Gasteiger partial charge >= 0.3 is 0 Å². The Hall–Kier alpha value is -1.89. The molecule has 0 aromatic heterocycles. The van der Waals surface area contributed by atoms with Gasteiger partial charge in [0.25, 0.3) is 11.8 Å². The van der Waals surface area contributed by atoms with Gasteiger partial charge in [-0.05, 0) is 12.1 Å². The highest BCUT2D eigenvalue weighted by Crippen LogP contribution is 2.21. The van der Waals surface area contributed by atoms with Gasteiger partial charge in [0.1, 0.15) is 12.4 Å². The van der Waals surface area contributed by atoms with Gasteiger partial charge in [-0.3, -0.25) is 4.79 Å². The van der Waals surface area contributed by atoms with Crippen molar-refractivity contribution in [2.45, 2.75) is 5.92 Å². The average Bonchev–Trinajstić information content (AvgIpc) is 2.36. The first-order valence-electron chi connectivity index (χ1n) is 5.10. The van der Waals surface area contributed by atoms with E-state index in [1.54, 1.807) is 0 Å². The zero-order valence-corrected chi connectivity index (χ0v) is 9.74. The molecule has 0 radical (unpaired) electrons. The molecule has 0 unspecified atom stereocenters. The molecule has 0 heterocycles. The number of alkyl halides is 2. The molecule has 4 N–H and O–H groups in total. The highest BCUT2D eigenvalue weighted by molar-refractivity contribution is 5.97. The first-order chi connectivity index (χ1) is 8.39. The number of amides is 1. The van der Waals surface area contributed by atoms with E-state index in [0.717, 1.165) is 0 Å². The third kappa shape index (κ3) is 3.56. The van der Waals surface area contributed by atoms with Crippen molar-refractivity contribution in [3.63, 3.8) is 0 Å². The van der Waals surface area contributed by atoms with Gasteiger partial charge in [-0.1, -0.05) is 0 Å². The number of aliphatic hydroxyl groups is 1. The number of carbonyl (C=O) groups excluding carboxylic acids is 1. The number of halogens is 2. The molecule has 100 valence electrons. The number of benzene rings is 1. The van der Waals surface area contributed by atoms with Gasteiger partial charge < -0.3 is 20.9 Å². The van der Waals surface area contributed by atoms with Crippen molar-refractivity contribution < 1.29 is 23.4 Å². The van der Waals surface area contributed by atoms with E-state index in [-0.39, 0.29) is 11.3 Å². The summed E-state index contributed by atoms with van der Waals surface area (Å²) in [6.45, 7) is -2.28. The van der Waals surface area contributed by atoms with E-state index in [2.05, 4.69) is 0 Å². The summed E-state index contributed by atoms with van der Waals surface area (Å²) in [7, 11) is 1.34. The van der Waals surface area contributed by atoms with Crippen molar-refractivity contribution in [2.24, 2.45) is 0 Å². The van der Waals surface area contributed by atoms with Gasteiger partial charge in [0.15, 0.2) is 0 Å². The van der Waals surface area contributed by atoms with Crippen LogP contribution in [0.5, 0.6) is 5.75 Å².